The lowest BCUT2D eigenvalue weighted by Crippen LogP contribution is -2.35. The summed E-state index contributed by atoms with van der Waals surface area (Å²) in [6.07, 6.45) is -7.87. The van der Waals surface area contributed by atoms with Gasteiger partial charge < -0.3 is 9.47 Å². The van der Waals surface area contributed by atoms with E-state index in [0.717, 1.165) is 0 Å². The van der Waals surface area contributed by atoms with Gasteiger partial charge in [-0.25, -0.2) is 17.6 Å². The van der Waals surface area contributed by atoms with Crippen LogP contribution in [0.2, 0.25) is 0 Å². The van der Waals surface area contributed by atoms with Crippen molar-refractivity contribution in [2.24, 2.45) is 11.8 Å². The number of halogens is 4. The standard InChI is InChI=1S/C12H18F4O4/c1-3-19-11(17)7(5-9(13)14)8(6-10(15)16)12(18)20-4-2/h7-10H,3-6H2,1-2H3. The van der Waals surface area contributed by atoms with Crippen LogP contribution in [0.1, 0.15) is 26.7 Å². The maximum atomic E-state index is 12.5. The molecule has 118 valence electrons. The van der Waals surface area contributed by atoms with Crippen LogP contribution < -0.4 is 0 Å². The molecule has 0 N–H and O–H groups in total. The average Bonchev–Trinajstić information content (AvgIpc) is 2.33. The zero-order valence-electron chi connectivity index (χ0n) is 11.3. The first-order valence-corrected chi connectivity index (χ1v) is 6.22. The Labute approximate surface area is 114 Å². The lowest BCUT2D eigenvalue weighted by molar-refractivity contribution is -0.163. The van der Waals surface area contributed by atoms with E-state index < -0.39 is 49.5 Å². The van der Waals surface area contributed by atoms with Crippen molar-refractivity contribution in [1.82, 2.24) is 0 Å². The van der Waals surface area contributed by atoms with Crippen molar-refractivity contribution < 1.29 is 36.6 Å². The van der Waals surface area contributed by atoms with Gasteiger partial charge in [-0.1, -0.05) is 0 Å². The maximum Gasteiger partial charge on any atom is 0.310 e. The number of ether oxygens (including phenoxy) is 2. The van der Waals surface area contributed by atoms with Gasteiger partial charge in [0.15, 0.2) is 0 Å². The van der Waals surface area contributed by atoms with Gasteiger partial charge in [0.1, 0.15) is 0 Å². The first-order valence-electron chi connectivity index (χ1n) is 6.22. The number of esters is 2. The minimum absolute atomic E-state index is 0.0944. The number of carbonyl (C=O) groups is 2. The lowest BCUT2D eigenvalue weighted by atomic mass is 9.87. The van der Waals surface area contributed by atoms with Crippen LogP contribution in [-0.2, 0) is 19.1 Å². The summed E-state index contributed by atoms with van der Waals surface area (Å²) in [5, 5.41) is 0. The van der Waals surface area contributed by atoms with Crippen LogP contribution in [0.3, 0.4) is 0 Å². The molecule has 0 aromatic heterocycles. The molecule has 0 aromatic carbocycles. The molecule has 8 heteroatoms. The topological polar surface area (TPSA) is 52.6 Å². The minimum atomic E-state index is -2.92. The Bertz CT molecular complexity index is 280. The molecular weight excluding hydrogens is 284 g/mol. The highest BCUT2D eigenvalue weighted by Crippen LogP contribution is 2.28. The molecule has 0 aliphatic rings. The van der Waals surface area contributed by atoms with Gasteiger partial charge in [-0.2, -0.15) is 0 Å². The number of rotatable bonds is 9. The molecule has 0 heterocycles. The second-order valence-electron chi connectivity index (χ2n) is 3.97. The molecule has 0 saturated heterocycles. The molecule has 0 bridgehead atoms. The first kappa shape index (κ1) is 18.7. The Kier molecular flexibility index (Phi) is 8.91. The van der Waals surface area contributed by atoms with E-state index in [4.69, 9.17) is 0 Å². The second kappa shape index (κ2) is 9.55. The van der Waals surface area contributed by atoms with Crippen LogP contribution in [0.5, 0.6) is 0 Å². The molecule has 0 aliphatic heterocycles. The Morgan fingerprint density at radius 2 is 1.10 bits per heavy atom. The van der Waals surface area contributed by atoms with Gasteiger partial charge in [0.05, 0.1) is 25.0 Å². The van der Waals surface area contributed by atoms with Gasteiger partial charge in [0, 0.05) is 12.8 Å². The summed E-state index contributed by atoms with van der Waals surface area (Å²) in [4.78, 5) is 23.2. The number of alkyl halides is 4. The van der Waals surface area contributed by atoms with E-state index in [2.05, 4.69) is 9.47 Å². The van der Waals surface area contributed by atoms with E-state index in [0.29, 0.717) is 0 Å². The zero-order valence-corrected chi connectivity index (χ0v) is 11.3. The molecule has 0 amide bonds. The molecule has 4 nitrogen and oxygen atoms in total. The molecular formula is C12H18F4O4. The Hall–Kier alpha value is -1.34. The third-order valence-corrected chi connectivity index (χ3v) is 2.53. The van der Waals surface area contributed by atoms with E-state index in [1.807, 2.05) is 0 Å². The minimum Gasteiger partial charge on any atom is -0.466 e. The first-order chi connectivity index (χ1) is 9.33. The van der Waals surface area contributed by atoms with Gasteiger partial charge in [0.2, 0.25) is 12.9 Å². The summed E-state index contributed by atoms with van der Waals surface area (Å²) in [5.74, 6) is -5.45. The summed E-state index contributed by atoms with van der Waals surface area (Å²) in [6, 6.07) is 0. The van der Waals surface area contributed by atoms with Gasteiger partial charge in [-0.15, -0.1) is 0 Å². The van der Waals surface area contributed by atoms with Gasteiger partial charge in [-0.05, 0) is 13.8 Å². The summed E-state index contributed by atoms with van der Waals surface area (Å²) in [7, 11) is 0. The predicted molar refractivity (Wildman–Crippen MR) is 61.5 cm³/mol. The highest BCUT2D eigenvalue weighted by molar-refractivity contribution is 5.82. The molecule has 0 radical (unpaired) electrons. The molecule has 0 aromatic rings. The number of carbonyl (C=O) groups excluding carboxylic acids is 2. The van der Waals surface area contributed by atoms with Crippen LogP contribution >= 0.6 is 0 Å². The summed E-state index contributed by atoms with van der Waals surface area (Å²) in [6.45, 7) is 2.71. The van der Waals surface area contributed by atoms with Crippen LogP contribution in [0, 0.1) is 11.8 Å². The largest absolute Gasteiger partial charge is 0.466 e. The maximum absolute atomic E-state index is 12.5. The Balaban J connectivity index is 5.14. The van der Waals surface area contributed by atoms with E-state index in [9.17, 15) is 27.2 Å². The third-order valence-electron chi connectivity index (χ3n) is 2.53. The fourth-order valence-electron chi connectivity index (χ4n) is 1.73. The molecule has 2 unspecified atom stereocenters. The Morgan fingerprint density at radius 1 is 0.800 bits per heavy atom. The van der Waals surface area contributed by atoms with E-state index in [-0.39, 0.29) is 13.2 Å². The monoisotopic (exact) mass is 302 g/mol. The van der Waals surface area contributed by atoms with E-state index in [1.54, 1.807) is 0 Å². The molecule has 0 rings (SSSR count). The quantitative estimate of drug-likeness (QED) is 0.485. The molecule has 0 aliphatic carbocycles. The van der Waals surface area contributed by atoms with Crippen molar-refractivity contribution in [1.29, 1.82) is 0 Å². The molecule has 0 saturated carbocycles. The van der Waals surface area contributed by atoms with E-state index >= 15 is 0 Å². The fraction of sp³-hybridized carbons (Fsp3) is 0.833. The number of hydrogen-bond donors (Lipinski definition) is 0. The highest BCUT2D eigenvalue weighted by atomic mass is 19.3. The summed E-state index contributed by atoms with van der Waals surface area (Å²) < 4.78 is 59.1. The van der Waals surface area contributed by atoms with Crippen molar-refractivity contribution in [3.63, 3.8) is 0 Å². The summed E-state index contributed by atoms with van der Waals surface area (Å²) >= 11 is 0. The van der Waals surface area contributed by atoms with Crippen molar-refractivity contribution >= 4 is 11.9 Å². The molecule has 0 spiro atoms. The zero-order chi connectivity index (χ0) is 15.7. The average molecular weight is 302 g/mol. The van der Waals surface area contributed by atoms with Crippen LogP contribution in [-0.4, -0.2) is 38.0 Å². The van der Waals surface area contributed by atoms with Gasteiger partial charge in [-0.3, -0.25) is 9.59 Å². The van der Waals surface area contributed by atoms with Crippen molar-refractivity contribution in [3.05, 3.63) is 0 Å². The highest BCUT2D eigenvalue weighted by Gasteiger charge is 2.39. The fourth-order valence-corrected chi connectivity index (χ4v) is 1.73. The smallest absolute Gasteiger partial charge is 0.310 e. The third kappa shape index (κ3) is 6.72. The second-order valence-corrected chi connectivity index (χ2v) is 3.97. The molecule has 0 fully saturated rings. The Morgan fingerprint density at radius 3 is 1.30 bits per heavy atom. The van der Waals surface area contributed by atoms with Crippen LogP contribution in [0.4, 0.5) is 17.6 Å². The van der Waals surface area contributed by atoms with Crippen LogP contribution in [0.15, 0.2) is 0 Å². The molecule has 20 heavy (non-hydrogen) atoms. The van der Waals surface area contributed by atoms with Crippen LogP contribution in [0.25, 0.3) is 0 Å². The van der Waals surface area contributed by atoms with Gasteiger partial charge >= 0.3 is 11.9 Å². The van der Waals surface area contributed by atoms with Gasteiger partial charge in [0.25, 0.3) is 0 Å². The van der Waals surface area contributed by atoms with Crippen molar-refractivity contribution in [2.75, 3.05) is 13.2 Å². The normalized spacial score (nSPS) is 14.2. The predicted octanol–water partition coefficient (Wildman–Crippen LogP) is 2.66. The number of hydrogen-bond acceptors (Lipinski definition) is 4. The lowest BCUT2D eigenvalue weighted by Gasteiger charge is -2.23. The SMILES string of the molecule is CCOC(=O)C(CC(F)F)C(CC(F)F)C(=O)OCC. The summed E-state index contributed by atoms with van der Waals surface area (Å²) in [5.41, 5.74) is 0. The molecule has 2 atom stereocenters. The van der Waals surface area contributed by atoms with E-state index in [1.165, 1.54) is 13.8 Å². The van der Waals surface area contributed by atoms with Crippen molar-refractivity contribution in [2.45, 2.75) is 39.5 Å². The van der Waals surface area contributed by atoms with Crippen molar-refractivity contribution in [3.8, 4) is 0 Å².